The molecule has 0 saturated carbocycles. The number of amides is 1. The van der Waals surface area contributed by atoms with Crippen LogP contribution in [-0.4, -0.2) is 27.9 Å². The molecule has 1 unspecified atom stereocenters. The van der Waals surface area contributed by atoms with Crippen LogP contribution < -0.4 is 5.32 Å². The van der Waals surface area contributed by atoms with Gasteiger partial charge >= 0.3 is 11.7 Å². The number of carbonyl (C=O) groups is 2. The normalized spacial score (nSPS) is 12.6. The van der Waals surface area contributed by atoms with E-state index in [1.54, 1.807) is 20.8 Å². The van der Waals surface area contributed by atoms with Crippen LogP contribution in [0.3, 0.4) is 0 Å². The van der Waals surface area contributed by atoms with E-state index < -0.39 is 39.8 Å². The molecular formula is C13H15FN2O5. The maximum absolute atomic E-state index is 13.5. The zero-order chi connectivity index (χ0) is 16.4. The van der Waals surface area contributed by atoms with E-state index in [2.05, 4.69) is 5.32 Å². The molecule has 1 aromatic rings. The van der Waals surface area contributed by atoms with Gasteiger partial charge in [-0.2, -0.15) is 4.39 Å². The number of carboxylic acid groups (broad SMARTS) is 1. The van der Waals surface area contributed by atoms with Crippen molar-refractivity contribution in [1.82, 2.24) is 5.32 Å². The third kappa shape index (κ3) is 3.98. The first kappa shape index (κ1) is 16.5. The minimum atomic E-state index is -1.22. The minimum Gasteiger partial charge on any atom is -0.480 e. The highest BCUT2D eigenvalue weighted by atomic mass is 19.1. The molecule has 1 atom stereocenters. The molecule has 0 radical (unpaired) electrons. The van der Waals surface area contributed by atoms with Crippen molar-refractivity contribution in [1.29, 1.82) is 0 Å². The maximum Gasteiger partial charge on any atom is 0.326 e. The lowest BCUT2D eigenvalue weighted by molar-refractivity contribution is -0.387. The fraction of sp³-hybridized carbons (Fsp3) is 0.385. The van der Waals surface area contributed by atoms with Crippen LogP contribution in [0.2, 0.25) is 0 Å². The van der Waals surface area contributed by atoms with Crippen LogP contribution in [-0.2, 0) is 4.79 Å². The van der Waals surface area contributed by atoms with Crippen LogP contribution in [0.5, 0.6) is 0 Å². The molecule has 0 aliphatic heterocycles. The van der Waals surface area contributed by atoms with Crippen molar-refractivity contribution >= 4 is 17.6 Å². The van der Waals surface area contributed by atoms with Crippen LogP contribution >= 0.6 is 0 Å². The molecule has 114 valence electrons. The Kier molecular flexibility index (Phi) is 4.62. The van der Waals surface area contributed by atoms with Crippen LogP contribution in [0, 0.1) is 21.3 Å². The first-order valence-corrected chi connectivity index (χ1v) is 6.01. The molecular weight excluding hydrogens is 283 g/mol. The van der Waals surface area contributed by atoms with E-state index in [4.69, 9.17) is 5.11 Å². The summed E-state index contributed by atoms with van der Waals surface area (Å²) >= 11 is 0. The maximum atomic E-state index is 13.5. The third-order valence-electron chi connectivity index (χ3n) is 2.79. The van der Waals surface area contributed by atoms with Crippen molar-refractivity contribution in [3.8, 4) is 0 Å². The Hall–Kier alpha value is -2.51. The topological polar surface area (TPSA) is 110 Å². The van der Waals surface area contributed by atoms with E-state index in [1.807, 2.05) is 0 Å². The average Bonchev–Trinajstić information content (AvgIpc) is 2.33. The summed E-state index contributed by atoms with van der Waals surface area (Å²) in [4.78, 5) is 32.7. The summed E-state index contributed by atoms with van der Waals surface area (Å²) in [7, 11) is 0. The van der Waals surface area contributed by atoms with Gasteiger partial charge in [0.25, 0.3) is 5.91 Å². The molecule has 21 heavy (non-hydrogen) atoms. The highest BCUT2D eigenvalue weighted by Gasteiger charge is 2.33. The number of benzene rings is 1. The first-order valence-electron chi connectivity index (χ1n) is 6.01. The fourth-order valence-electron chi connectivity index (χ4n) is 1.66. The predicted molar refractivity (Wildman–Crippen MR) is 71.4 cm³/mol. The quantitative estimate of drug-likeness (QED) is 0.652. The lowest BCUT2D eigenvalue weighted by Crippen LogP contribution is -2.49. The van der Waals surface area contributed by atoms with Gasteiger partial charge in [-0.3, -0.25) is 14.9 Å². The van der Waals surface area contributed by atoms with Gasteiger partial charge in [0.15, 0.2) is 0 Å². The number of carboxylic acids is 1. The summed E-state index contributed by atoms with van der Waals surface area (Å²) in [6.07, 6.45) is 0. The molecule has 0 fully saturated rings. The lowest BCUT2D eigenvalue weighted by Gasteiger charge is -2.27. The van der Waals surface area contributed by atoms with Gasteiger partial charge in [0.2, 0.25) is 5.82 Å². The number of carbonyl (C=O) groups excluding carboxylic acids is 1. The van der Waals surface area contributed by atoms with Crippen molar-refractivity contribution in [3.05, 3.63) is 39.7 Å². The van der Waals surface area contributed by atoms with E-state index in [1.165, 1.54) is 0 Å². The number of nitro groups is 1. The van der Waals surface area contributed by atoms with E-state index >= 15 is 0 Å². The zero-order valence-electron chi connectivity index (χ0n) is 11.7. The Balaban J connectivity index is 3.02. The second-order valence-corrected chi connectivity index (χ2v) is 5.53. The Morgan fingerprint density at radius 2 is 1.95 bits per heavy atom. The predicted octanol–water partition coefficient (Wildman–Crippen LogP) is 1.96. The molecule has 0 bridgehead atoms. The van der Waals surface area contributed by atoms with E-state index in [0.29, 0.717) is 6.07 Å². The number of nitrogens with zero attached hydrogens (tertiary/aromatic N) is 1. The van der Waals surface area contributed by atoms with Crippen LogP contribution in [0.15, 0.2) is 18.2 Å². The number of nitro benzene ring substituents is 1. The van der Waals surface area contributed by atoms with Gasteiger partial charge in [-0.15, -0.1) is 0 Å². The Morgan fingerprint density at radius 3 is 2.33 bits per heavy atom. The molecule has 8 heteroatoms. The van der Waals surface area contributed by atoms with Crippen LogP contribution in [0.1, 0.15) is 31.1 Å². The lowest BCUT2D eigenvalue weighted by atomic mass is 9.86. The van der Waals surface area contributed by atoms with Gasteiger partial charge < -0.3 is 10.4 Å². The third-order valence-corrected chi connectivity index (χ3v) is 2.79. The SMILES string of the molecule is CC(C)(C)C(NC(=O)c1ccc([N+](=O)[O-])c(F)c1)C(=O)O. The highest BCUT2D eigenvalue weighted by molar-refractivity contribution is 5.97. The van der Waals surface area contributed by atoms with Crippen LogP contribution in [0.25, 0.3) is 0 Å². The Morgan fingerprint density at radius 1 is 1.38 bits per heavy atom. The van der Waals surface area contributed by atoms with Crippen molar-refractivity contribution in [2.75, 3.05) is 0 Å². The van der Waals surface area contributed by atoms with E-state index in [0.717, 1.165) is 12.1 Å². The number of halogens is 1. The van der Waals surface area contributed by atoms with Gasteiger partial charge in [-0.25, -0.2) is 4.79 Å². The van der Waals surface area contributed by atoms with Crippen molar-refractivity contribution in [2.45, 2.75) is 26.8 Å². The average molecular weight is 298 g/mol. The molecule has 0 aliphatic rings. The summed E-state index contributed by atoms with van der Waals surface area (Å²) in [5, 5.41) is 21.9. The van der Waals surface area contributed by atoms with Gasteiger partial charge in [-0.1, -0.05) is 20.8 Å². The molecule has 0 aromatic heterocycles. The minimum absolute atomic E-state index is 0.186. The summed E-state index contributed by atoms with van der Waals surface area (Å²) < 4.78 is 13.5. The molecule has 0 saturated heterocycles. The Labute approximate surface area is 119 Å². The molecule has 0 heterocycles. The number of rotatable bonds is 4. The van der Waals surface area contributed by atoms with Crippen molar-refractivity contribution < 1.29 is 24.0 Å². The second kappa shape index (κ2) is 5.86. The summed E-state index contributed by atoms with van der Waals surface area (Å²) in [6.45, 7) is 4.88. The highest BCUT2D eigenvalue weighted by Crippen LogP contribution is 2.21. The molecule has 1 amide bonds. The van der Waals surface area contributed by atoms with Gasteiger partial charge in [0.05, 0.1) is 4.92 Å². The Bertz CT molecular complexity index is 595. The summed E-state index contributed by atoms with van der Waals surface area (Å²) in [5.74, 6) is -3.19. The first-order chi connectivity index (χ1) is 9.54. The second-order valence-electron chi connectivity index (χ2n) is 5.53. The molecule has 1 aromatic carbocycles. The van der Waals surface area contributed by atoms with Gasteiger partial charge in [0.1, 0.15) is 6.04 Å². The molecule has 2 N–H and O–H groups in total. The number of aliphatic carboxylic acids is 1. The molecule has 1 rings (SSSR count). The number of nitrogens with one attached hydrogen (secondary N) is 1. The zero-order valence-corrected chi connectivity index (χ0v) is 11.7. The van der Waals surface area contributed by atoms with E-state index in [-0.39, 0.29) is 5.56 Å². The van der Waals surface area contributed by atoms with Crippen molar-refractivity contribution in [2.24, 2.45) is 5.41 Å². The monoisotopic (exact) mass is 298 g/mol. The fourth-order valence-corrected chi connectivity index (χ4v) is 1.66. The van der Waals surface area contributed by atoms with Crippen molar-refractivity contribution in [3.63, 3.8) is 0 Å². The molecule has 0 aliphatic carbocycles. The summed E-state index contributed by atoms with van der Waals surface area (Å²) in [6, 6.07) is 1.45. The summed E-state index contributed by atoms with van der Waals surface area (Å²) in [5.41, 5.74) is -1.69. The van der Waals surface area contributed by atoms with Crippen LogP contribution in [0.4, 0.5) is 10.1 Å². The number of hydrogen-bond acceptors (Lipinski definition) is 4. The van der Waals surface area contributed by atoms with Gasteiger partial charge in [0, 0.05) is 11.6 Å². The van der Waals surface area contributed by atoms with Gasteiger partial charge in [-0.05, 0) is 17.5 Å². The molecule has 7 nitrogen and oxygen atoms in total. The standard InChI is InChI=1S/C13H15FN2O5/c1-13(2,3)10(12(18)19)15-11(17)7-4-5-9(16(20)21)8(14)6-7/h4-6,10H,1-3H3,(H,15,17)(H,18,19). The smallest absolute Gasteiger partial charge is 0.326 e. The largest absolute Gasteiger partial charge is 0.480 e. The number of hydrogen-bond donors (Lipinski definition) is 2. The van der Waals surface area contributed by atoms with E-state index in [9.17, 15) is 24.1 Å². The molecule has 0 spiro atoms.